The molecule has 196 valence electrons. The first-order chi connectivity index (χ1) is 18.4. The van der Waals surface area contributed by atoms with E-state index in [4.69, 9.17) is 19.5 Å². The number of benzene rings is 3. The van der Waals surface area contributed by atoms with Crippen LogP contribution in [0.15, 0.2) is 107 Å². The van der Waals surface area contributed by atoms with E-state index in [1.165, 1.54) is 5.56 Å². The van der Waals surface area contributed by atoms with Gasteiger partial charge in [-0.15, -0.1) is 0 Å². The molecule has 3 aromatic rings. The zero-order chi connectivity index (χ0) is 26.7. The van der Waals surface area contributed by atoms with Gasteiger partial charge < -0.3 is 14.8 Å². The lowest BCUT2D eigenvalue weighted by Gasteiger charge is -2.36. The highest BCUT2D eigenvalue weighted by atomic mass is 16.5. The minimum atomic E-state index is -0.787. The third-order valence-corrected chi connectivity index (χ3v) is 7.41. The first-order valence-electron chi connectivity index (χ1n) is 13.5. The lowest BCUT2D eigenvalue weighted by Crippen LogP contribution is -2.41. The molecule has 5 rings (SSSR count). The van der Waals surface area contributed by atoms with E-state index in [-0.39, 0.29) is 23.8 Å². The molecule has 3 atom stereocenters. The van der Waals surface area contributed by atoms with Gasteiger partial charge in [0.1, 0.15) is 5.75 Å². The number of fused-ring (bicyclic) bond motifs is 1. The van der Waals surface area contributed by atoms with E-state index in [9.17, 15) is 0 Å². The Kier molecular flexibility index (Phi) is 7.48. The van der Waals surface area contributed by atoms with Crippen molar-refractivity contribution in [1.29, 1.82) is 0 Å². The first-order valence-corrected chi connectivity index (χ1v) is 13.5. The highest BCUT2D eigenvalue weighted by Crippen LogP contribution is 2.50. The van der Waals surface area contributed by atoms with Gasteiger partial charge in [-0.25, -0.2) is 9.98 Å². The van der Waals surface area contributed by atoms with Gasteiger partial charge in [0.15, 0.2) is 5.54 Å². The Morgan fingerprint density at radius 1 is 0.895 bits per heavy atom. The number of allylic oxidation sites excluding steroid dienone is 1. The summed E-state index contributed by atoms with van der Waals surface area (Å²) in [6, 6.07) is 29.1. The predicted molar refractivity (Wildman–Crippen MR) is 155 cm³/mol. The van der Waals surface area contributed by atoms with Crippen LogP contribution in [0.5, 0.6) is 5.75 Å². The van der Waals surface area contributed by atoms with Crippen LogP contribution in [0.3, 0.4) is 0 Å². The average molecular weight is 508 g/mol. The van der Waals surface area contributed by atoms with Gasteiger partial charge in [-0.3, -0.25) is 0 Å². The molecular formula is C33H37N3O2. The molecule has 0 spiro atoms. The van der Waals surface area contributed by atoms with Gasteiger partial charge in [0.25, 0.3) is 0 Å². The molecule has 2 heterocycles. The van der Waals surface area contributed by atoms with E-state index >= 15 is 0 Å². The molecule has 0 saturated heterocycles. The first kappa shape index (κ1) is 25.9. The van der Waals surface area contributed by atoms with Crippen molar-refractivity contribution in [2.45, 2.75) is 51.7 Å². The fraction of sp³-hybridized carbons (Fsp3) is 0.333. The molecule has 2 aliphatic heterocycles. The van der Waals surface area contributed by atoms with Gasteiger partial charge in [-0.05, 0) is 40.7 Å². The number of nitrogens with one attached hydrogen (secondary N) is 1. The van der Waals surface area contributed by atoms with Crippen LogP contribution >= 0.6 is 0 Å². The molecule has 3 aromatic carbocycles. The van der Waals surface area contributed by atoms with Crippen molar-refractivity contribution in [1.82, 2.24) is 5.32 Å². The van der Waals surface area contributed by atoms with Crippen LogP contribution < -0.4 is 10.1 Å². The molecule has 2 aliphatic rings. The van der Waals surface area contributed by atoms with Gasteiger partial charge >= 0.3 is 0 Å². The van der Waals surface area contributed by atoms with Crippen LogP contribution in [0.2, 0.25) is 0 Å². The van der Waals surface area contributed by atoms with Crippen LogP contribution in [0.4, 0.5) is 0 Å². The maximum Gasteiger partial charge on any atom is 0.230 e. The molecule has 38 heavy (non-hydrogen) atoms. The van der Waals surface area contributed by atoms with Crippen LogP contribution in [0, 0.1) is 11.8 Å². The minimum Gasteiger partial charge on any atom is -0.497 e. The summed E-state index contributed by atoms with van der Waals surface area (Å²) in [5.74, 6) is 2.61. The van der Waals surface area contributed by atoms with Gasteiger partial charge in [-0.2, -0.15) is 0 Å². The molecule has 0 aliphatic carbocycles. The Balaban J connectivity index is 1.63. The van der Waals surface area contributed by atoms with E-state index in [1.807, 2.05) is 24.3 Å². The second-order valence-corrected chi connectivity index (χ2v) is 10.7. The summed E-state index contributed by atoms with van der Waals surface area (Å²) in [4.78, 5) is 10.6. The maximum atomic E-state index is 6.68. The lowest BCUT2D eigenvalue weighted by atomic mass is 9.72. The molecule has 1 unspecified atom stereocenters. The molecule has 1 N–H and O–H groups in total. The normalized spacial score (nSPS) is 21.3. The summed E-state index contributed by atoms with van der Waals surface area (Å²) >= 11 is 0. The quantitative estimate of drug-likeness (QED) is 0.344. The molecule has 0 fully saturated rings. The third kappa shape index (κ3) is 4.91. The Morgan fingerprint density at radius 2 is 1.55 bits per heavy atom. The number of aliphatic imine (C=N–C) groups is 2. The van der Waals surface area contributed by atoms with E-state index in [0.717, 1.165) is 29.1 Å². The monoisotopic (exact) mass is 507 g/mol. The molecule has 5 heteroatoms. The number of nitrogens with zero attached hydrogens (tertiary/aromatic N) is 2. The number of methoxy groups -OCH3 is 1. The highest BCUT2D eigenvalue weighted by Gasteiger charge is 2.54. The van der Waals surface area contributed by atoms with Crippen molar-refractivity contribution in [3.8, 4) is 5.75 Å². The summed E-state index contributed by atoms with van der Waals surface area (Å²) in [6.45, 7) is 9.48. The number of hydrogen-bond donors (Lipinski definition) is 1. The topological polar surface area (TPSA) is 55.2 Å². The van der Waals surface area contributed by atoms with Crippen LogP contribution in [0.25, 0.3) is 0 Å². The Labute approximate surface area is 226 Å². The van der Waals surface area contributed by atoms with Gasteiger partial charge in [0.2, 0.25) is 11.8 Å². The largest absolute Gasteiger partial charge is 0.497 e. The summed E-state index contributed by atoms with van der Waals surface area (Å²) in [7, 11) is 1.69. The summed E-state index contributed by atoms with van der Waals surface area (Å²) in [5, 5.41) is 3.72. The van der Waals surface area contributed by atoms with E-state index in [0.29, 0.717) is 11.8 Å². The van der Waals surface area contributed by atoms with Crippen molar-refractivity contribution in [3.63, 3.8) is 0 Å². The molecule has 0 saturated carbocycles. The summed E-state index contributed by atoms with van der Waals surface area (Å²) in [6.07, 6.45) is 2.28. The number of hydrogen-bond acceptors (Lipinski definition) is 5. The summed E-state index contributed by atoms with van der Waals surface area (Å²) in [5.41, 5.74) is 3.67. The number of rotatable bonds is 9. The number of ether oxygens (including phenoxy) is 2. The average Bonchev–Trinajstić information content (AvgIpc) is 3.34. The zero-order valence-corrected chi connectivity index (χ0v) is 22.9. The molecule has 0 radical (unpaired) electrons. The van der Waals surface area contributed by atoms with Crippen molar-refractivity contribution in [2.24, 2.45) is 21.8 Å². The molecular weight excluding hydrogens is 470 g/mol. The van der Waals surface area contributed by atoms with Crippen LogP contribution in [-0.2, 0) is 16.8 Å². The van der Waals surface area contributed by atoms with E-state index in [2.05, 4.69) is 99.8 Å². The SMILES string of the molecule is COc1ccc([C@@H]2C=C(C(C)C)N=C3OC(C(NCc4ccccc4)C(C)C)=N[C@@]32c2ccccc2)cc1. The van der Waals surface area contributed by atoms with E-state index in [1.54, 1.807) is 7.11 Å². The van der Waals surface area contributed by atoms with Crippen molar-refractivity contribution < 1.29 is 9.47 Å². The van der Waals surface area contributed by atoms with Crippen molar-refractivity contribution >= 4 is 11.8 Å². The second kappa shape index (κ2) is 11.0. The van der Waals surface area contributed by atoms with Crippen LogP contribution in [-0.4, -0.2) is 24.9 Å². The van der Waals surface area contributed by atoms with Gasteiger partial charge in [0.05, 0.1) is 13.2 Å². The standard InChI is InChI=1S/C33H37N3O2/c1-22(2)29-20-28(25-16-18-27(37-5)19-17-25)33(26-14-10-7-11-15-26)32(35-29)38-31(36-33)30(23(3)4)34-21-24-12-8-6-9-13-24/h6-20,22-23,28,30,34H,21H2,1-5H3/t28-,30?,33+/m0/s1. The molecule has 0 bridgehead atoms. The summed E-state index contributed by atoms with van der Waals surface area (Å²) < 4.78 is 12.1. The molecule has 0 amide bonds. The lowest BCUT2D eigenvalue weighted by molar-refractivity contribution is 0.410. The van der Waals surface area contributed by atoms with Crippen molar-refractivity contribution in [2.75, 3.05) is 7.11 Å². The fourth-order valence-corrected chi connectivity index (χ4v) is 5.27. The second-order valence-electron chi connectivity index (χ2n) is 10.7. The third-order valence-electron chi connectivity index (χ3n) is 7.41. The van der Waals surface area contributed by atoms with E-state index < -0.39 is 5.54 Å². The smallest absolute Gasteiger partial charge is 0.230 e. The molecule has 5 nitrogen and oxygen atoms in total. The predicted octanol–water partition coefficient (Wildman–Crippen LogP) is 6.87. The minimum absolute atomic E-state index is 0.0666. The Hall–Kier alpha value is -3.70. The Bertz CT molecular complexity index is 1330. The molecule has 0 aromatic heterocycles. The fourth-order valence-electron chi connectivity index (χ4n) is 5.27. The maximum absolute atomic E-state index is 6.68. The highest BCUT2D eigenvalue weighted by molar-refractivity contribution is 6.07. The Morgan fingerprint density at radius 3 is 2.16 bits per heavy atom. The zero-order valence-electron chi connectivity index (χ0n) is 22.9. The van der Waals surface area contributed by atoms with Gasteiger partial charge in [-0.1, -0.05) is 107 Å². The van der Waals surface area contributed by atoms with Crippen molar-refractivity contribution in [3.05, 3.63) is 113 Å². The van der Waals surface area contributed by atoms with Gasteiger partial charge in [0, 0.05) is 18.2 Å². The van der Waals surface area contributed by atoms with Crippen LogP contribution in [0.1, 0.15) is 50.3 Å².